The second kappa shape index (κ2) is 3.70. The molecule has 0 aromatic rings. The first-order valence-electron chi connectivity index (χ1n) is 6.64. The summed E-state index contributed by atoms with van der Waals surface area (Å²) in [5.41, 5.74) is 0.0937. The van der Waals surface area contributed by atoms with E-state index in [-0.39, 0.29) is 17.4 Å². The Balaban J connectivity index is 1.68. The van der Waals surface area contributed by atoms with Crippen LogP contribution in [0, 0.1) is 11.3 Å². The topological polar surface area (TPSA) is 77.8 Å². The van der Waals surface area contributed by atoms with Crippen molar-refractivity contribution in [3.8, 4) is 0 Å². The first kappa shape index (κ1) is 12.0. The van der Waals surface area contributed by atoms with E-state index in [0.717, 1.165) is 19.3 Å². The lowest BCUT2D eigenvalue weighted by molar-refractivity contribution is -0.153. The van der Waals surface area contributed by atoms with E-state index in [0.29, 0.717) is 18.8 Å². The molecule has 2 saturated carbocycles. The molecule has 1 amide bonds. The van der Waals surface area contributed by atoms with Gasteiger partial charge in [0, 0.05) is 6.04 Å². The molecule has 1 saturated heterocycles. The molecule has 0 aromatic heterocycles. The molecular formula is C13H19NO4. The molecule has 4 atom stereocenters. The van der Waals surface area contributed by atoms with Gasteiger partial charge in [-0.2, -0.15) is 0 Å². The predicted molar refractivity (Wildman–Crippen MR) is 62.7 cm³/mol. The standard InChI is InChI=1S/C13H19NO4/c1-13(2-3-13)6-10(15)11(16)14-8-4-7(8)5-9(14)12(17)18/h7-10,15H,2-6H2,1H3,(H,17,18)/t7-,8-,9+,10-/m1/s1. The highest BCUT2D eigenvalue weighted by Crippen LogP contribution is 2.51. The Labute approximate surface area is 106 Å². The fraction of sp³-hybridized carbons (Fsp3) is 0.846. The lowest BCUT2D eigenvalue weighted by Gasteiger charge is -2.27. The fourth-order valence-corrected chi connectivity index (χ4v) is 3.14. The first-order valence-corrected chi connectivity index (χ1v) is 6.64. The van der Waals surface area contributed by atoms with Gasteiger partial charge in [-0.1, -0.05) is 6.92 Å². The van der Waals surface area contributed by atoms with Crippen molar-refractivity contribution in [1.29, 1.82) is 0 Å². The third-order valence-electron chi connectivity index (χ3n) is 4.72. The molecule has 5 nitrogen and oxygen atoms in total. The average Bonchev–Trinajstić information content (AvgIpc) is 3.18. The van der Waals surface area contributed by atoms with Crippen molar-refractivity contribution in [2.24, 2.45) is 11.3 Å². The van der Waals surface area contributed by atoms with Crippen molar-refractivity contribution in [1.82, 2.24) is 4.90 Å². The SMILES string of the molecule is CC1(C[C@@H](O)C(=O)N2[C@@H]3C[C@@H]3C[C@H]2C(=O)O)CC1. The molecule has 2 N–H and O–H groups in total. The number of aliphatic hydroxyl groups is 1. The molecule has 5 heteroatoms. The van der Waals surface area contributed by atoms with Gasteiger partial charge >= 0.3 is 5.97 Å². The zero-order valence-electron chi connectivity index (χ0n) is 10.5. The Bertz CT molecular complexity index is 404. The number of rotatable bonds is 4. The number of carbonyl (C=O) groups excluding carboxylic acids is 1. The highest BCUT2D eigenvalue weighted by molar-refractivity contribution is 5.88. The van der Waals surface area contributed by atoms with Crippen LogP contribution in [0.1, 0.15) is 39.0 Å². The largest absolute Gasteiger partial charge is 0.480 e. The summed E-state index contributed by atoms with van der Waals surface area (Å²) in [5.74, 6) is -0.973. The Morgan fingerprint density at radius 2 is 2.06 bits per heavy atom. The second-order valence-corrected chi connectivity index (χ2v) is 6.43. The van der Waals surface area contributed by atoms with Gasteiger partial charge in [-0.25, -0.2) is 4.79 Å². The van der Waals surface area contributed by atoms with Crippen molar-refractivity contribution in [2.45, 2.75) is 57.2 Å². The van der Waals surface area contributed by atoms with Crippen molar-refractivity contribution in [2.75, 3.05) is 0 Å². The Hall–Kier alpha value is -1.10. The van der Waals surface area contributed by atoms with E-state index >= 15 is 0 Å². The van der Waals surface area contributed by atoms with Crippen molar-refractivity contribution in [3.63, 3.8) is 0 Å². The third-order valence-corrected chi connectivity index (χ3v) is 4.72. The van der Waals surface area contributed by atoms with Gasteiger partial charge in [-0.05, 0) is 43.4 Å². The highest BCUT2D eigenvalue weighted by Gasteiger charge is 2.57. The molecule has 0 aromatic carbocycles. The molecule has 3 aliphatic rings. The van der Waals surface area contributed by atoms with Crippen LogP contribution in [0.5, 0.6) is 0 Å². The number of fused-ring (bicyclic) bond motifs is 1. The maximum atomic E-state index is 12.2. The second-order valence-electron chi connectivity index (χ2n) is 6.43. The van der Waals surface area contributed by atoms with E-state index in [9.17, 15) is 14.7 Å². The van der Waals surface area contributed by atoms with E-state index in [1.807, 2.05) is 0 Å². The molecule has 0 bridgehead atoms. The molecule has 18 heavy (non-hydrogen) atoms. The number of aliphatic carboxylic acids is 1. The smallest absolute Gasteiger partial charge is 0.326 e. The van der Waals surface area contributed by atoms with Gasteiger partial charge in [-0.15, -0.1) is 0 Å². The van der Waals surface area contributed by atoms with Gasteiger partial charge in [-0.3, -0.25) is 4.79 Å². The maximum absolute atomic E-state index is 12.2. The fourth-order valence-electron chi connectivity index (χ4n) is 3.14. The summed E-state index contributed by atoms with van der Waals surface area (Å²) in [6.07, 6.45) is 2.98. The molecule has 0 spiro atoms. The van der Waals surface area contributed by atoms with Crippen molar-refractivity contribution >= 4 is 11.9 Å². The van der Waals surface area contributed by atoms with E-state index in [4.69, 9.17) is 5.11 Å². The summed E-state index contributed by atoms with van der Waals surface area (Å²) in [5, 5.41) is 19.1. The van der Waals surface area contributed by atoms with Crippen LogP contribution in [-0.4, -0.2) is 45.2 Å². The van der Waals surface area contributed by atoms with E-state index in [1.54, 1.807) is 0 Å². The van der Waals surface area contributed by atoms with E-state index < -0.39 is 18.1 Å². The minimum Gasteiger partial charge on any atom is -0.480 e. The van der Waals surface area contributed by atoms with Crippen LogP contribution in [0.2, 0.25) is 0 Å². The summed E-state index contributed by atoms with van der Waals surface area (Å²) in [4.78, 5) is 24.8. The number of aliphatic hydroxyl groups excluding tert-OH is 1. The maximum Gasteiger partial charge on any atom is 0.326 e. The number of nitrogens with zero attached hydrogens (tertiary/aromatic N) is 1. The monoisotopic (exact) mass is 253 g/mol. The van der Waals surface area contributed by atoms with E-state index in [2.05, 4.69) is 6.92 Å². The van der Waals surface area contributed by atoms with Crippen LogP contribution in [0.4, 0.5) is 0 Å². The molecule has 0 unspecified atom stereocenters. The van der Waals surface area contributed by atoms with Gasteiger partial charge in [0.2, 0.25) is 0 Å². The highest BCUT2D eigenvalue weighted by atomic mass is 16.4. The summed E-state index contributed by atoms with van der Waals surface area (Å²) in [6.45, 7) is 2.06. The predicted octanol–water partition coefficient (Wildman–Crippen LogP) is 0.611. The Kier molecular flexibility index (Phi) is 2.46. The average molecular weight is 253 g/mol. The van der Waals surface area contributed by atoms with Gasteiger partial charge in [0.15, 0.2) is 0 Å². The van der Waals surface area contributed by atoms with Crippen LogP contribution >= 0.6 is 0 Å². The zero-order valence-corrected chi connectivity index (χ0v) is 10.5. The lowest BCUT2D eigenvalue weighted by Crippen LogP contribution is -2.48. The van der Waals surface area contributed by atoms with Crippen molar-refractivity contribution in [3.05, 3.63) is 0 Å². The molecule has 3 rings (SSSR count). The zero-order chi connectivity index (χ0) is 13.1. The minimum absolute atomic E-state index is 0.0697. The summed E-state index contributed by atoms with van der Waals surface area (Å²) >= 11 is 0. The summed E-state index contributed by atoms with van der Waals surface area (Å²) in [7, 11) is 0. The molecule has 1 aliphatic heterocycles. The number of amides is 1. The quantitative estimate of drug-likeness (QED) is 0.769. The van der Waals surface area contributed by atoms with Gasteiger partial charge < -0.3 is 15.1 Å². The minimum atomic E-state index is -1.03. The summed E-state index contributed by atoms with van der Waals surface area (Å²) < 4.78 is 0. The molecule has 100 valence electrons. The number of likely N-dealkylation sites (tertiary alicyclic amines) is 1. The first-order chi connectivity index (χ1) is 8.41. The lowest BCUT2D eigenvalue weighted by atomic mass is 10.00. The normalized spacial score (nSPS) is 37.0. The molecule has 1 heterocycles. The number of piperidine rings is 1. The number of hydrogen-bond donors (Lipinski definition) is 2. The van der Waals surface area contributed by atoms with Crippen LogP contribution in [0.15, 0.2) is 0 Å². The molecular weight excluding hydrogens is 234 g/mol. The Morgan fingerprint density at radius 1 is 1.39 bits per heavy atom. The van der Waals surface area contributed by atoms with Crippen LogP contribution < -0.4 is 0 Å². The van der Waals surface area contributed by atoms with Crippen LogP contribution in [0.3, 0.4) is 0 Å². The van der Waals surface area contributed by atoms with Crippen molar-refractivity contribution < 1.29 is 19.8 Å². The van der Waals surface area contributed by atoms with Gasteiger partial charge in [0.05, 0.1) is 0 Å². The number of hydrogen-bond acceptors (Lipinski definition) is 3. The van der Waals surface area contributed by atoms with E-state index in [1.165, 1.54) is 4.90 Å². The van der Waals surface area contributed by atoms with Gasteiger partial charge in [0.25, 0.3) is 5.91 Å². The number of carboxylic acid groups (broad SMARTS) is 1. The summed E-state index contributed by atoms with van der Waals surface area (Å²) in [6, 6.07) is -0.650. The van der Waals surface area contributed by atoms with Gasteiger partial charge in [0.1, 0.15) is 12.1 Å². The molecule has 2 aliphatic carbocycles. The number of carboxylic acids is 1. The van der Waals surface area contributed by atoms with Crippen LogP contribution in [-0.2, 0) is 9.59 Å². The Morgan fingerprint density at radius 3 is 2.61 bits per heavy atom. The number of carbonyl (C=O) groups is 2. The molecule has 3 fully saturated rings. The molecule has 0 radical (unpaired) electrons. The third kappa shape index (κ3) is 1.90. The van der Waals surface area contributed by atoms with Crippen LogP contribution in [0.25, 0.3) is 0 Å².